The predicted molar refractivity (Wildman–Crippen MR) is 66.5 cm³/mol. The standard InChI is InChI=1S/C13H18F2N2O/c1-8-7-18-9(2)6-17(8)13-11(14)3-10(5-16)4-12(13)15/h3-4,8-9H,5-7,16H2,1-2H3. The molecule has 0 saturated carbocycles. The molecule has 1 heterocycles. The van der Waals surface area contributed by atoms with Gasteiger partial charge in [-0.25, -0.2) is 8.78 Å². The normalized spacial score (nSPS) is 24.4. The Hall–Kier alpha value is -1.20. The molecule has 1 saturated heterocycles. The van der Waals surface area contributed by atoms with Gasteiger partial charge in [-0.05, 0) is 31.5 Å². The van der Waals surface area contributed by atoms with Gasteiger partial charge in [-0.1, -0.05) is 0 Å². The second-order valence-corrected chi connectivity index (χ2v) is 4.76. The number of hydrogen-bond acceptors (Lipinski definition) is 3. The summed E-state index contributed by atoms with van der Waals surface area (Å²) in [5.74, 6) is -1.12. The van der Waals surface area contributed by atoms with Crippen LogP contribution >= 0.6 is 0 Å². The third-order valence-electron chi connectivity index (χ3n) is 3.21. The maximum Gasteiger partial charge on any atom is 0.149 e. The van der Waals surface area contributed by atoms with Crippen LogP contribution in [-0.4, -0.2) is 25.3 Å². The average molecular weight is 256 g/mol. The molecule has 2 N–H and O–H groups in total. The van der Waals surface area contributed by atoms with E-state index in [1.165, 1.54) is 12.1 Å². The van der Waals surface area contributed by atoms with Gasteiger partial charge < -0.3 is 15.4 Å². The number of halogens is 2. The average Bonchev–Trinajstić information content (AvgIpc) is 2.32. The summed E-state index contributed by atoms with van der Waals surface area (Å²) in [6.07, 6.45) is -0.0332. The molecule has 1 aliphatic heterocycles. The minimum Gasteiger partial charge on any atom is -0.375 e. The van der Waals surface area contributed by atoms with Gasteiger partial charge >= 0.3 is 0 Å². The summed E-state index contributed by atoms with van der Waals surface area (Å²) < 4.78 is 33.5. The van der Waals surface area contributed by atoms with Crippen LogP contribution in [-0.2, 0) is 11.3 Å². The molecule has 2 rings (SSSR count). The second kappa shape index (κ2) is 5.20. The van der Waals surface area contributed by atoms with Crippen molar-refractivity contribution >= 4 is 5.69 Å². The van der Waals surface area contributed by atoms with Crippen molar-refractivity contribution in [2.24, 2.45) is 5.73 Å². The van der Waals surface area contributed by atoms with E-state index in [0.717, 1.165) is 0 Å². The monoisotopic (exact) mass is 256 g/mol. The summed E-state index contributed by atoms with van der Waals surface area (Å²) in [4.78, 5) is 1.72. The van der Waals surface area contributed by atoms with E-state index >= 15 is 0 Å². The van der Waals surface area contributed by atoms with Gasteiger partial charge in [0.05, 0.1) is 12.7 Å². The number of benzene rings is 1. The van der Waals surface area contributed by atoms with Gasteiger partial charge in [0.25, 0.3) is 0 Å². The van der Waals surface area contributed by atoms with Gasteiger partial charge in [-0.15, -0.1) is 0 Å². The van der Waals surface area contributed by atoms with E-state index in [0.29, 0.717) is 18.7 Å². The van der Waals surface area contributed by atoms with Crippen LogP contribution in [0.1, 0.15) is 19.4 Å². The van der Waals surface area contributed by atoms with Crippen LogP contribution in [0.25, 0.3) is 0 Å². The Labute approximate surface area is 106 Å². The van der Waals surface area contributed by atoms with Crippen molar-refractivity contribution in [1.29, 1.82) is 0 Å². The van der Waals surface area contributed by atoms with Crippen LogP contribution in [0.15, 0.2) is 12.1 Å². The van der Waals surface area contributed by atoms with E-state index in [1.54, 1.807) is 4.90 Å². The quantitative estimate of drug-likeness (QED) is 0.880. The first-order chi connectivity index (χ1) is 8.52. The first kappa shape index (κ1) is 13.2. The Kier molecular flexibility index (Phi) is 3.82. The van der Waals surface area contributed by atoms with Crippen molar-refractivity contribution in [3.05, 3.63) is 29.3 Å². The summed E-state index contributed by atoms with van der Waals surface area (Å²) in [7, 11) is 0. The lowest BCUT2D eigenvalue weighted by Crippen LogP contribution is -2.48. The highest BCUT2D eigenvalue weighted by atomic mass is 19.1. The van der Waals surface area contributed by atoms with Crippen molar-refractivity contribution in [3.63, 3.8) is 0 Å². The van der Waals surface area contributed by atoms with Gasteiger partial charge in [-0.3, -0.25) is 0 Å². The Bertz CT molecular complexity index is 416. The number of rotatable bonds is 2. The lowest BCUT2D eigenvalue weighted by molar-refractivity contribution is 0.0338. The van der Waals surface area contributed by atoms with Crippen molar-refractivity contribution < 1.29 is 13.5 Å². The van der Waals surface area contributed by atoms with Crippen molar-refractivity contribution in [2.75, 3.05) is 18.1 Å². The topological polar surface area (TPSA) is 38.5 Å². The van der Waals surface area contributed by atoms with Crippen LogP contribution in [0.2, 0.25) is 0 Å². The molecule has 3 nitrogen and oxygen atoms in total. The fraction of sp³-hybridized carbons (Fsp3) is 0.538. The summed E-state index contributed by atoms with van der Waals surface area (Å²) in [6, 6.07) is 2.55. The summed E-state index contributed by atoms with van der Waals surface area (Å²) >= 11 is 0. The van der Waals surface area contributed by atoms with Gasteiger partial charge in [0, 0.05) is 19.1 Å². The molecule has 1 aromatic rings. The van der Waals surface area contributed by atoms with E-state index in [4.69, 9.17) is 10.5 Å². The summed E-state index contributed by atoms with van der Waals surface area (Å²) in [5.41, 5.74) is 5.88. The zero-order chi connectivity index (χ0) is 13.3. The van der Waals surface area contributed by atoms with E-state index in [-0.39, 0.29) is 24.4 Å². The highest BCUT2D eigenvalue weighted by molar-refractivity contribution is 5.52. The Balaban J connectivity index is 2.37. The molecule has 100 valence electrons. The van der Waals surface area contributed by atoms with E-state index in [9.17, 15) is 8.78 Å². The first-order valence-corrected chi connectivity index (χ1v) is 6.09. The maximum absolute atomic E-state index is 14.0. The SMILES string of the molecule is CC1CN(c2c(F)cc(CN)cc2F)C(C)CO1. The zero-order valence-electron chi connectivity index (χ0n) is 10.6. The molecule has 5 heteroatoms. The van der Waals surface area contributed by atoms with Crippen LogP contribution in [0.5, 0.6) is 0 Å². The molecule has 2 atom stereocenters. The fourth-order valence-corrected chi connectivity index (χ4v) is 2.23. The molecule has 2 unspecified atom stereocenters. The van der Waals surface area contributed by atoms with Crippen molar-refractivity contribution in [3.8, 4) is 0 Å². The molecule has 18 heavy (non-hydrogen) atoms. The smallest absolute Gasteiger partial charge is 0.149 e. The molecule has 0 radical (unpaired) electrons. The van der Waals surface area contributed by atoms with Gasteiger partial charge in [-0.2, -0.15) is 0 Å². The molecular formula is C13H18F2N2O. The number of hydrogen-bond donors (Lipinski definition) is 1. The Morgan fingerprint density at radius 1 is 1.33 bits per heavy atom. The maximum atomic E-state index is 14.0. The van der Waals surface area contributed by atoms with E-state index in [1.807, 2.05) is 13.8 Å². The molecule has 0 aromatic heterocycles. The molecule has 0 aliphatic carbocycles. The lowest BCUT2D eigenvalue weighted by atomic mass is 10.1. The van der Waals surface area contributed by atoms with Gasteiger partial charge in [0.2, 0.25) is 0 Å². The molecule has 1 aromatic carbocycles. The molecule has 0 bridgehead atoms. The summed E-state index contributed by atoms with van der Waals surface area (Å²) in [5, 5.41) is 0. The van der Waals surface area contributed by atoms with Crippen LogP contribution in [0.3, 0.4) is 0 Å². The minimum atomic E-state index is -0.559. The van der Waals surface area contributed by atoms with E-state index in [2.05, 4.69) is 0 Å². The number of morpholine rings is 1. The number of nitrogens with two attached hydrogens (primary N) is 1. The Morgan fingerprint density at radius 3 is 2.50 bits per heavy atom. The largest absolute Gasteiger partial charge is 0.375 e. The molecule has 1 aliphatic rings. The van der Waals surface area contributed by atoms with Gasteiger partial charge in [0.1, 0.15) is 17.3 Å². The minimum absolute atomic E-state index is 0.0230. The van der Waals surface area contributed by atoms with Crippen LogP contribution in [0, 0.1) is 11.6 Å². The third kappa shape index (κ3) is 2.47. The molecular weight excluding hydrogens is 238 g/mol. The number of ether oxygens (including phenoxy) is 1. The van der Waals surface area contributed by atoms with Crippen molar-refractivity contribution in [2.45, 2.75) is 32.5 Å². The number of anilines is 1. The summed E-state index contributed by atoms with van der Waals surface area (Å²) in [6.45, 7) is 4.86. The highest BCUT2D eigenvalue weighted by Gasteiger charge is 2.28. The van der Waals surface area contributed by atoms with Gasteiger partial charge in [0.15, 0.2) is 0 Å². The molecule has 0 amide bonds. The Morgan fingerprint density at radius 2 is 1.94 bits per heavy atom. The third-order valence-corrected chi connectivity index (χ3v) is 3.21. The van der Waals surface area contributed by atoms with Crippen LogP contribution in [0.4, 0.5) is 14.5 Å². The molecule has 0 spiro atoms. The fourth-order valence-electron chi connectivity index (χ4n) is 2.23. The predicted octanol–water partition coefficient (Wildman–Crippen LogP) is 2.04. The second-order valence-electron chi connectivity index (χ2n) is 4.76. The highest BCUT2D eigenvalue weighted by Crippen LogP contribution is 2.28. The zero-order valence-corrected chi connectivity index (χ0v) is 10.6. The van der Waals surface area contributed by atoms with E-state index < -0.39 is 11.6 Å². The molecule has 1 fully saturated rings. The van der Waals surface area contributed by atoms with Crippen molar-refractivity contribution in [1.82, 2.24) is 0 Å². The first-order valence-electron chi connectivity index (χ1n) is 6.09. The van der Waals surface area contributed by atoms with Crippen LogP contribution < -0.4 is 10.6 Å². The lowest BCUT2D eigenvalue weighted by Gasteiger charge is -2.38. The number of nitrogens with zero attached hydrogens (tertiary/aromatic N) is 1.